The Kier molecular flexibility index (Phi) is 6.91. The van der Waals surface area contributed by atoms with Gasteiger partial charge in [-0.05, 0) is 0 Å². The second-order valence-electron chi connectivity index (χ2n) is 0.767. The van der Waals surface area contributed by atoms with Gasteiger partial charge in [-0.15, -0.1) is 0 Å². The molecule has 1 radical (unpaired) electrons. The Hall–Kier alpha value is 0.890. The zero-order chi connectivity index (χ0) is 5.91. The molecule has 0 amide bonds. The van der Waals surface area contributed by atoms with Crippen LogP contribution in [0.2, 0.25) is 0 Å². The fraction of sp³-hybridized carbons (Fsp3) is 0. The van der Waals surface area contributed by atoms with Crippen LogP contribution in [0.4, 0.5) is 0 Å². The van der Waals surface area contributed by atoms with Crippen molar-refractivity contribution in [3.63, 3.8) is 0 Å². The fourth-order valence-corrected chi connectivity index (χ4v) is 0.551. The van der Waals surface area contributed by atoms with Crippen molar-refractivity contribution in [2.24, 2.45) is 0 Å². The predicted octanol–water partition coefficient (Wildman–Crippen LogP) is -0.415. The summed E-state index contributed by atoms with van der Waals surface area (Å²) in [5.74, 6) is 0. The van der Waals surface area contributed by atoms with Crippen molar-refractivity contribution in [3.05, 3.63) is 0 Å². The van der Waals surface area contributed by atoms with E-state index in [1.54, 1.807) is 0 Å². The molecule has 0 aliphatic rings. The summed E-state index contributed by atoms with van der Waals surface area (Å²) in [6, 6.07) is 0. The van der Waals surface area contributed by atoms with Gasteiger partial charge in [-0.3, -0.25) is 0 Å². The van der Waals surface area contributed by atoms with Gasteiger partial charge in [-0.2, -0.15) is 0 Å². The molecular weight excluding hydrogens is 334 g/mol. The van der Waals surface area contributed by atoms with E-state index < -0.39 is 7.15 Å². The van der Waals surface area contributed by atoms with Crippen molar-refractivity contribution in [2.75, 3.05) is 0 Å². The predicted molar refractivity (Wildman–Crippen MR) is 28.2 cm³/mol. The zero-order valence-electron chi connectivity index (χ0n) is 3.50. The van der Waals surface area contributed by atoms with Gasteiger partial charge in [0.25, 0.3) is 0 Å². The minimum Gasteiger partial charge on any atom is 0 e. The third-order valence-corrected chi connectivity index (χ3v) is 1.64. The van der Waals surface area contributed by atoms with Crippen molar-refractivity contribution in [2.45, 2.75) is 0 Å². The molecule has 0 aromatic rings. The summed E-state index contributed by atoms with van der Waals surface area (Å²) in [7, 11) is -4.10. The molecule has 4 nitrogen and oxygen atoms in total. The molecule has 0 bridgehead atoms. The molecular formula is CH4AuNO3PS. The molecule has 0 heterocycles. The van der Waals surface area contributed by atoms with Gasteiger partial charge < -0.3 is 0 Å². The van der Waals surface area contributed by atoms with Crippen LogP contribution in [0.25, 0.3) is 0 Å². The van der Waals surface area contributed by atoms with Crippen LogP contribution in [0.3, 0.4) is 0 Å². The fourth-order valence-electron chi connectivity index (χ4n) is 0.0612. The van der Waals surface area contributed by atoms with Gasteiger partial charge in [0.1, 0.15) is 0 Å². The second-order valence-corrected chi connectivity index (χ2v) is 4.56. The van der Waals surface area contributed by atoms with Gasteiger partial charge in [0.15, 0.2) is 0 Å². The first-order valence-corrected chi connectivity index (χ1v) is 4.69. The Morgan fingerprint density at radius 3 is 1.75 bits per heavy atom. The number of hydrogen-bond acceptors (Lipinski definition) is 5. The molecule has 0 fully saturated rings. The van der Waals surface area contributed by atoms with Crippen LogP contribution in [-0.4, -0.2) is 14.7 Å². The second kappa shape index (κ2) is 4.74. The molecule has 0 unspecified atom stereocenters. The van der Waals surface area contributed by atoms with Crippen molar-refractivity contribution in [3.8, 4) is 5.40 Å². The number of rotatable bonds is 1. The van der Waals surface area contributed by atoms with E-state index in [1.807, 2.05) is 0 Å². The van der Waals surface area contributed by atoms with E-state index in [2.05, 4.69) is 0 Å². The van der Waals surface area contributed by atoms with Gasteiger partial charge in [0.2, 0.25) is 0 Å². The first kappa shape index (κ1) is 11.7. The number of thiocyanates is 1. The van der Waals surface area contributed by atoms with E-state index in [1.165, 1.54) is 5.40 Å². The van der Waals surface area contributed by atoms with E-state index in [0.29, 0.717) is 0 Å². The minimum atomic E-state index is -4.10. The minimum absolute atomic E-state index is 0. The number of nitriles is 1. The zero-order valence-corrected chi connectivity index (χ0v) is 7.48. The van der Waals surface area contributed by atoms with Crippen molar-refractivity contribution >= 4 is 18.5 Å². The quantitative estimate of drug-likeness (QED) is 0.344. The van der Waals surface area contributed by atoms with Gasteiger partial charge in [-0.1, -0.05) is 0 Å². The van der Waals surface area contributed by atoms with Crippen molar-refractivity contribution in [1.82, 2.24) is 0 Å². The Balaban J connectivity index is 0. The maximum Gasteiger partial charge on any atom is 0 e. The number of hydrogen-bond donors (Lipinski definition) is 3. The summed E-state index contributed by atoms with van der Waals surface area (Å²) in [5, 5.41) is 9.01. The summed E-state index contributed by atoms with van der Waals surface area (Å²) in [6.07, 6.45) is 0. The maximum absolute atomic E-state index is 8.01. The molecule has 0 spiro atoms. The molecule has 0 aromatic heterocycles. The van der Waals surface area contributed by atoms with E-state index in [0.717, 1.165) is 0 Å². The average Bonchev–Trinajstić information content (AvgIpc) is 1.30. The van der Waals surface area contributed by atoms with E-state index in [-0.39, 0.29) is 33.8 Å². The monoisotopic (exact) mass is 338 g/mol. The van der Waals surface area contributed by atoms with Crippen molar-refractivity contribution < 1.29 is 37.1 Å². The van der Waals surface area contributed by atoms with Crippen LogP contribution >= 0.6 is 18.5 Å². The molecule has 0 aliphatic heterocycles. The average molecular weight is 338 g/mol. The Morgan fingerprint density at radius 1 is 1.38 bits per heavy atom. The molecule has 0 saturated heterocycles. The topological polar surface area (TPSA) is 84.5 Å². The molecule has 0 rings (SSSR count). The summed E-state index contributed by atoms with van der Waals surface area (Å²) >= 11 is 0.0995. The molecule has 53 valence electrons. The third-order valence-electron chi connectivity index (χ3n) is 0.183. The van der Waals surface area contributed by atoms with Crippen LogP contribution in [0.1, 0.15) is 0 Å². The van der Waals surface area contributed by atoms with Crippen LogP contribution in [0.5, 0.6) is 0 Å². The molecule has 7 heteroatoms. The summed E-state index contributed by atoms with van der Waals surface area (Å²) < 4.78 is 0. The normalized spacial score (nSPS) is 11.2. The van der Waals surface area contributed by atoms with E-state index >= 15 is 0 Å². The van der Waals surface area contributed by atoms with Gasteiger partial charge in [0.05, 0.1) is 0 Å². The van der Waals surface area contributed by atoms with Crippen LogP contribution in [-0.2, 0) is 22.4 Å². The van der Waals surface area contributed by atoms with Gasteiger partial charge >= 0.3 is 43.9 Å². The Labute approximate surface area is 66.4 Å². The van der Waals surface area contributed by atoms with E-state index in [9.17, 15) is 0 Å². The standard InChI is InChI=1S/CH4NO3PS.Au/c2-1-7-6(3,4)5;/h3-6H;. The van der Waals surface area contributed by atoms with Gasteiger partial charge in [-0.25, -0.2) is 0 Å². The van der Waals surface area contributed by atoms with Crippen LogP contribution in [0.15, 0.2) is 0 Å². The van der Waals surface area contributed by atoms with Crippen molar-refractivity contribution in [1.29, 1.82) is 5.26 Å². The molecule has 0 atom stereocenters. The molecule has 0 aromatic carbocycles. The molecule has 3 N–H and O–H groups in total. The Bertz CT molecular complexity index is 96.4. The SMILES string of the molecule is N#CS[PH](O)(O)O.[Au]. The molecule has 8 heavy (non-hydrogen) atoms. The smallest absolute Gasteiger partial charge is 0 e. The Morgan fingerprint density at radius 2 is 1.75 bits per heavy atom. The maximum atomic E-state index is 8.01. The summed E-state index contributed by atoms with van der Waals surface area (Å²) in [6.45, 7) is 0. The van der Waals surface area contributed by atoms with Crippen LogP contribution in [0, 0.1) is 10.7 Å². The molecule has 0 aliphatic carbocycles. The van der Waals surface area contributed by atoms with E-state index in [4.69, 9.17) is 19.9 Å². The van der Waals surface area contributed by atoms with Crippen LogP contribution < -0.4 is 0 Å². The summed E-state index contributed by atoms with van der Waals surface area (Å²) in [4.78, 5) is 24.0. The number of nitrogens with zero attached hydrogens (tertiary/aromatic N) is 1. The third kappa shape index (κ3) is 10.00. The summed E-state index contributed by atoms with van der Waals surface area (Å²) in [5.41, 5.74) is 0. The van der Waals surface area contributed by atoms with Gasteiger partial charge in [0, 0.05) is 22.4 Å². The largest absolute Gasteiger partial charge is 0 e. The first-order valence-electron chi connectivity index (χ1n) is 1.30. The first-order chi connectivity index (χ1) is 3.06. The molecule has 0 saturated carbocycles.